The van der Waals surface area contributed by atoms with Gasteiger partial charge >= 0.3 is 0 Å². The van der Waals surface area contributed by atoms with Crippen LogP contribution in [0.1, 0.15) is 0 Å². The van der Waals surface area contributed by atoms with Crippen molar-refractivity contribution < 1.29 is 9.59 Å². The molecule has 0 aliphatic rings. The number of carbonyl (C=O) groups excluding carboxylic acids is 1. The van der Waals surface area contributed by atoms with Gasteiger partial charge in [0.2, 0.25) is 9.76 Å². The Morgan fingerprint density at radius 1 is 2.00 bits per heavy atom. The first-order valence-electron chi connectivity index (χ1n) is 1.57. The maximum Gasteiger partial charge on any atom is 0.235 e. The molecule has 0 aromatic rings. The summed E-state index contributed by atoms with van der Waals surface area (Å²) in [6, 6.07) is 0. The van der Waals surface area contributed by atoms with Gasteiger partial charge in [-0.1, -0.05) is 6.58 Å². The SMILES string of the molecule is C=CC(=O)[SiH2]O. The molecule has 0 aliphatic carbocycles. The molecule has 0 saturated carbocycles. The Morgan fingerprint density at radius 3 is 2.50 bits per heavy atom. The highest BCUT2D eigenvalue weighted by Gasteiger charge is 1.85. The third-order valence-corrected chi connectivity index (χ3v) is 0.984. The highest BCUT2D eigenvalue weighted by molar-refractivity contribution is 6.70. The molecule has 34 valence electrons. The Kier molecular flexibility index (Phi) is 2.61. The highest BCUT2D eigenvalue weighted by Crippen LogP contribution is 1.60. The van der Waals surface area contributed by atoms with Crippen LogP contribution in [-0.2, 0) is 4.79 Å². The molecule has 0 fully saturated rings. The second-order valence-electron chi connectivity index (χ2n) is 0.829. The molecule has 0 atom stereocenters. The summed E-state index contributed by atoms with van der Waals surface area (Å²) in [5, 5.41) is -0.199. The highest BCUT2D eigenvalue weighted by atomic mass is 28.2. The predicted octanol–water partition coefficient (Wildman–Crippen LogP) is -1.22. The minimum Gasteiger partial charge on any atom is -0.429 e. The third-order valence-electron chi connectivity index (χ3n) is 0.384. The molecule has 0 saturated heterocycles. The summed E-state index contributed by atoms with van der Waals surface area (Å²) < 4.78 is 0. The zero-order valence-corrected chi connectivity index (χ0v) is 4.76. The van der Waals surface area contributed by atoms with Gasteiger partial charge in [0.05, 0.1) is 0 Å². The maximum atomic E-state index is 9.87. The quantitative estimate of drug-likeness (QED) is 0.350. The fourth-order valence-electron chi connectivity index (χ4n) is 0.0645. The van der Waals surface area contributed by atoms with E-state index in [1.165, 1.54) is 0 Å². The van der Waals surface area contributed by atoms with E-state index < -0.39 is 9.76 Å². The van der Waals surface area contributed by atoms with Gasteiger partial charge < -0.3 is 4.80 Å². The van der Waals surface area contributed by atoms with Gasteiger partial charge in [0.1, 0.15) is 0 Å². The van der Waals surface area contributed by atoms with Crippen LogP contribution in [0.5, 0.6) is 0 Å². The van der Waals surface area contributed by atoms with E-state index in [9.17, 15) is 4.79 Å². The molecule has 0 aliphatic heterocycles. The Labute approximate surface area is 38.4 Å². The molecule has 3 heteroatoms. The zero-order chi connectivity index (χ0) is 4.99. The fraction of sp³-hybridized carbons (Fsp3) is 0. The lowest BCUT2D eigenvalue weighted by atomic mass is 10.7. The molecule has 0 amide bonds. The fourth-order valence-corrected chi connectivity index (χ4v) is 0.194. The van der Waals surface area contributed by atoms with Crippen LogP contribution < -0.4 is 0 Å². The topological polar surface area (TPSA) is 37.3 Å². The minimum absolute atomic E-state index is 0.199. The van der Waals surface area contributed by atoms with Crippen LogP contribution in [0.4, 0.5) is 0 Å². The summed E-state index contributed by atoms with van der Waals surface area (Å²) in [5.74, 6) is 0. The molecule has 6 heavy (non-hydrogen) atoms. The molecule has 1 N–H and O–H groups in total. The normalized spacial score (nSPS) is 9.50. The number of rotatable bonds is 2. The van der Waals surface area contributed by atoms with Crippen molar-refractivity contribution in [3.8, 4) is 0 Å². The Bertz CT molecular complexity index is 69.2. The van der Waals surface area contributed by atoms with Gasteiger partial charge in [0.25, 0.3) is 0 Å². The molecule has 2 nitrogen and oxygen atoms in total. The van der Waals surface area contributed by atoms with Crippen molar-refractivity contribution in [3.05, 3.63) is 12.7 Å². The van der Waals surface area contributed by atoms with Crippen molar-refractivity contribution in [1.82, 2.24) is 0 Å². The van der Waals surface area contributed by atoms with Crippen LogP contribution in [0.25, 0.3) is 0 Å². The van der Waals surface area contributed by atoms with Gasteiger partial charge in [0.15, 0.2) is 5.41 Å². The average molecular weight is 102 g/mol. The van der Waals surface area contributed by atoms with Crippen molar-refractivity contribution in [1.29, 1.82) is 0 Å². The second kappa shape index (κ2) is 2.80. The summed E-state index contributed by atoms with van der Waals surface area (Å²) in [6.07, 6.45) is 1.15. The van der Waals surface area contributed by atoms with E-state index >= 15 is 0 Å². The van der Waals surface area contributed by atoms with Crippen LogP contribution in [0.2, 0.25) is 0 Å². The minimum atomic E-state index is -1.42. The van der Waals surface area contributed by atoms with Gasteiger partial charge in [0, 0.05) is 0 Å². The summed E-state index contributed by atoms with van der Waals surface area (Å²) in [6.45, 7) is 3.16. The van der Waals surface area contributed by atoms with Crippen LogP contribution in [0.15, 0.2) is 12.7 Å². The van der Waals surface area contributed by atoms with Crippen LogP contribution in [0.3, 0.4) is 0 Å². The largest absolute Gasteiger partial charge is 0.429 e. The van der Waals surface area contributed by atoms with Crippen molar-refractivity contribution >= 4 is 15.2 Å². The van der Waals surface area contributed by atoms with Crippen LogP contribution in [0, 0.1) is 0 Å². The smallest absolute Gasteiger partial charge is 0.235 e. The van der Waals surface area contributed by atoms with Crippen molar-refractivity contribution in [2.45, 2.75) is 0 Å². The van der Waals surface area contributed by atoms with Crippen molar-refractivity contribution in [2.24, 2.45) is 0 Å². The predicted molar refractivity (Wildman–Crippen MR) is 26.0 cm³/mol. The second-order valence-corrected chi connectivity index (χ2v) is 1.84. The molecule has 0 aromatic heterocycles. The standard InChI is InChI=1S/C3H6O2Si/c1-2-3(4)6-5/h2,5H,1,6H2. The molecule has 0 aromatic carbocycles. The summed E-state index contributed by atoms with van der Waals surface area (Å²) in [4.78, 5) is 17.9. The van der Waals surface area contributed by atoms with Gasteiger partial charge in [-0.15, -0.1) is 0 Å². The maximum absolute atomic E-state index is 9.87. The van der Waals surface area contributed by atoms with E-state index in [-0.39, 0.29) is 5.41 Å². The molecule has 0 rings (SSSR count). The molecular weight excluding hydrogens is 96.1 g/mol. The summed E-state index contributed by atoms with van der Waals surface area (Å²) in [7, 11) is -1.42. The van der Waals surface area contributed by atoms with E-state index in [2.05, 4.69) is 6.58 Å². The van der Waals surface area contributed by atoms with Gasteiger partial charge in [-0.2, -0.15) is 0 Å². The lowest BCUT2D eigenvalue weighted by molar-refractivity contribution is -0.108. The third kappa shape index (κ3) is 1.87. The lowest BCUT2D eigenvalue weighted by Crippen LogP contribution is -2.01. The number of carbonyl (C=O) groups is 1. The molecule has 0 radical (unpaired) electrons. The summed E-state index contributed by atoms with van der Waals surface area (Å²) >= 11 is 0. The van der Waals surface area contributed by atoms with Gasteiger partial charge in [-0.3, -0.25) is 4.79 Å². The first-order valence-corrected chi connectivity index (χ1v) is 2.91. The molecular formula is C3H6O2Si. The summed E-state index contributed by atoms with van der Waals surface area (Å²) in [5.41, 5.74) is 0. The number of hydrogen-bond acceptors (Lipinski definition) is 2. The van der Waals surface area contributed by atoms with Crippen LogP contribution in [-0.4, -0.2) is 20.0 Å². The van der Waals surface area contributed by atoms with E-state index in [0.717, 1.165) is 6.08 Å². The van der Waals surface area contributed by atoms with Gasteiger partial charge in [-0.25, -0.2) is 0 Å². The Morgan fingerprint density at radius 2 is 2.50 bits per heavy atom. The van der Waals surface area contributed by atoms with E-state index in [1.807, 2.05) is 0 Å². The molecule has 0 bridgehead atoms. The average Bonchev–Trinajstić information content (AvgIpc) is 1.65. The first-order chi connectivity index (χ1) is 2.81. The van der Waals surface area contributed by atoms with Crippen molar-refractivity contribution in [3.63, 3.8) is 0 Å². The van der Waals surface area contributed by atoms with E-state index in [0.29, 0.717) is 0 Å². The Hall–Kier alpha value is -0.413. The lowest BCUT2D eigenvalue weighted by Gasteiger charge is -1.73. The van der Waals surface area contributed by atoms with E-state index in [4.69, 9.17) is 4.80 Å². The number of hydrogen-bond donors (Lipinski definition) is 1. The first kappa shape index (κ1) is 5.59. The van der Waals surface area contributed by atoms with E-state index in [1.54, 1.807) is 0 Å². The molecule has 0 heterocycles. The number of allylic oxidation sites excluding steroid dienone is 1. The molecule has 0 unspecified atom stereocenters. The zero-order valence-electron chi connectivity index (χ0n) is 3.35. The monoisotopic (exact) mass is 102 g/mol. The van der Waals surface area contributed by atoms with Crippen molar-refractivity contribution in [2.75, 3.05) is 0 Å². The Balaban J connectivity index is 3.23. The molecule has 0 spiro atoms. The van der Waals surface area contributed by atoms with Gasteiger partial charge in [-0.05, 0) is 6.08 Å². The van der Waals surface area contributed by atoms with Crippen LogP contribution >= 0.6 is 0 Å².